The summed E-state index contributed by atoms with van der Waals surface area (Å²) in [5.74, 6) is -2.45. The highest BCUT2D eigenvalue weighted by molar-refractivity contribution is 5.80. The third-order valence-electron chi connectivity index (χ3n) is 3.90. The normalized spacial score (nSPS) is 15.2. The molecule has 25 heavy (non-hydrogen) atoms. The van der Waals surface area contributed by atoms with Crippen LogP contribution in [0, 0.1) is 5.41 Å². The Bertz CT molecular complexity index is 441. The van der Waals surface area contributed by atoms with Gasteiger partial charge in [0.1, 0.15) is 6.04 Å². The summed E-state index contributed by atoms with van der Waals surface area (Å²) in [6, 6.07) is -2.10. The lowest BCUT2D eigenvalue weighted by Crippen LogP contribution is -2.51. The molecule has 0 radical (unpaired) electrons. The summed E-state index contributed by atoms with van der Waals surface area (Å²) in [7, 11) is 3.10. The molecule has 0 heterocycles. The fourth-order valence-electron chi connectivity index (χ4n) is 2.97. The van der Waals surface area contributed by atoms with Crippen LogP contribution in [0.3, 0.4) is 0 Å². The number of carboxylic acid groups (broad SMARTS) is 2. The monoisotopic (exact) mass is 366 g/mol. The Balaban J connectivity index is 4.98. The molecular weight excluding hydrogens is 336 g/mol. The fourth-order valence-corrected chi connectivity index (χ4v) is 2.97. The van der Waals surface area contributed by atoms with Crippen molar-refractivity contribution < 1.29 is 40.2 Å². The minimum atomic E-state index is -1.78. The molecule has 0 rings (SSSR count). The van der Waals surface area contributed by atoms with E-state index in [9.17, 15) is 24.9 Å². The standard InChI is InChI=1S/C15H30N2O8/c1-15(2,7-16(3)9(13(22)23)5-11(18)19)8-17(4)10(14(24)25)6-12(20)21/h9-11,13,18-19,22-23H,5-8H2,1-4H3,(H,20,21)(H,24,25). The van der Waals surface area contributed by atoms with Crippen molar-refractivity contribution in [3.63, 3.8) is 0 Å². The van der Waals surface area contributed by atoms with Gasteiger partial charge in [-0.05, 0) is 19.5 Å². The van der Waals surface area contributed by atoms with Gasteiger partial charge in [-0.3, -0.25) is 19.4 Å². The highest BCUT2D eigenvalue weighted by Gasteiger charge is 2.33. The van der Waals surface area contributed by atoms with Gasteiger partial charge in [0.2, 0.25) is 0 Å². The highest BCUT2D eigenvalue weighted by atomic mass is 16.5. The van der Waals surface area contributed by atoms with E-state index in [1.54, 1.807) is 11.9 Å². The molecule has 0 amide bonds. The zero-order valence-corrected chi connectivity index (χ0v) is 15.0. The van der Waals surface area contributed by atoms with E-state index in [4.69, 9.17) is 15.3 Å². The van der Waals surface area contributed by atoms with Gasteiger partial charge in [-0.1, -0.05) is 13.8 Å². The number of hydrogen-bond donors (Lipinski definition) is 6. The number of carboxylic acids is 2. The average Bonchev–Trinajstić information content (AvgIpc) is 2.39. The second-order valence-corrected chi connectivity index (χ2v) is 7.14. The molecule has 10 heteroatoms. The second kappa shape index (κ2) is 10.00. The van der Waals surface area contributed by atoms with Crippen molar-refractivity contribution in [3.05, 3.63) is 0 Å². The van der Waals surface area contributed by atoms with Crippen molar-refractivity contribution in [1.29, 1.82) is 0 Å². The van der Waals surface area contributed by atoms with Crippen LogP contribution in [-0.4, -0.2) is 104 Å². The Morgan fingerprint density at radius 3 is 1.80 bits per heavy atom. The largest absolute Gasteiger partial charge is 0.481 e. The van der Waals surface area contributed by atoms with E-state index in [1.807, 2.05) is 13.8 Å². The molecule has 0 saturated heterocycles. The number of carbonyl (C=O) groups is 2. The van der Waals surface area contributed by atoms with Crippen LogP contribution < -0.4 is 0 Å². The smallest absolute Gasteiger partial charge is 0.321 e. The maximum atomic E-state index is 11.3. The van der Waals surface area contributed by atoms with Crippen molar-refractivity contribution in [2.75, 3.05) is 27.2 Å². The molecule has 0 spiro atoms. The molecular formula is C15H30N2O8. The number of rotatable bonds is 12. The lowest BCUT2D eigenvalue weighted by atomic mass is 9.90. The van der Waals surface area contributed by atoms with E-state index in [1.165, 1.54) is 11.9 Å². The van der Waals surface area contributed by atoms with Crippen molar-refractivity contribution in [3.8, 4) is 0 Å². The third kappa shape index (κ3) is 9.10. The third-order valence-corrected chi connectivity index (χ3v) is 3.90. The summed E-state index contributed by atoms with van der Waals surface area (Å²) in [4.78, 5) is 25.1. The van der Waals surface area contributed by atoms with E-state index in [0.29, 0.717) is 0 Å². The number of likely N-dealkylation sites (N-methyl/N-ethyl adjacent to an activating group) is 2. The fraction of sp³-hybridized carbons (Fsp3) is 0.867. The predicted octanol–water partition coefficient (Wildman–Crippen LogP) is -1.82. The first kappa shape index (κ1) is 23.7. The molecule has 0 aromatic rings. The van der Waals surface area contributed by atoms with Crippen LogP contribution in [0.4, 0.5) is 0 Å². The Kier molecular flexibility index (Phi) is 9.48. The number of aliphatic carboxylic acids is 2. The number of hydrogen-bond acceptors (Lipinski definition) is 8. The highest BCUT2D eigenvalue weighted by Crippen LogP contribution is 2.22. The molecule has 0 aromatic carbocycles. The maximum Gasteiger partial charge on any atom is 0.321 e. The average molecular weight is 366 g/mol. The minimum Gasteiger partial charge on any atom is -0.481 e. The van der Waals surface area contributed by atoms with Gasteiger partial charge in [-0.25, -0.2) is 0 Å². The number of nitrogens with zero attached hydrogens (tertiary/aromatic N) is 2. The number of aliphatic hydroxyl groups excluding tert-OH is 2. The molecule has 0 aliphatic heterocycles. The zero-order valence-electron chi connectivity index (χ0n) is 15.0. The van der Waals surface area contributed by atoms with E-state index in [2.05, 4.69) is 0 Å². The lowest BCUT2D eigenvalue weighted by Gasteiger charge is -2.39. The van der Waals surface area contributed by atoms with Crippen LogP contribution in [-0.2, 0) is 9.59 Å². The van der Waals surface area contributed by atoms with E-state index < -0.39 is 48.4 Å². The van der Waals surface area contributed by atoms with Crippen molar-refractivity contribution in [1.82, 2.24) is 9.80 Å². The molecule has 148 valence electrons. The lowest BCUT2D eigenvalue weighted by molar-refractivity contribution is -0.150. The Hall–Kier alpha value is -1.30. The first-order valence-corrected chi connectivity index (χ1v) is 7.84. The van der Waals surface area contributed by atoms with Crippen LogP contribution in [0.5, 0.6) is 0 Å². The van der Waals surface area contributed by atoms with Crippen molar-refractivity contribution in [2.24, 2.45) is 5.41 Å². The predicted molar refractivity (Wildman–Crippen MR) is 87.6 cm³/mol. The van der Waals surface area contributed by atoms with E-state index >= 15 is 0 Å². The van der Waals surface area contributed by atoms with Crippen LogP contribution >= 0.6 is 0 Å². The topological polar surface area (TPSA) is 162 Å². The molecule has 0 aliphatic carbocycles. The Morgan fingerprint density at radius 2 is 1.44 bits per heavy atom. The summed E-state index contributed by atoms with van der Waals surface area (Å²) in [5.41, 5.74) is -0.538. The minimum absolute atomic E-state index is 0.234. The van der Waals surface area contributed by atoms with Gasteiger partial charge in [0.05, 0.1) is 12.5 Å². The number of aliphatic hydroxyl groups is 4. The van der Waals surface area contributed by atoms with Crippen LogP contribution in [0.15, 0.2) is 0 Å². The summed E-state index contributed by atoms with van der Waals surface area (Å²) < 4.78 is 0. The molecule has 0 fully saturated rings. The molecule has 2 atom stereocenters. The maximum absolute atomic E-state index is 11.3. The van der Waals surface area contributed by atoms with Gasteiger partial charge >= 0.3 is 11.9 Å². The molecule has 2 unspecified atom stereocenters. The van der Waals surface area contributed by atoms with Gasteiger partial charge in [0.15, 0.2) is 12.6 Å². The Morgan fingerprint density at radius 1 is 0.960 bits per heavy atom. The Labute approximate surface area is 146 Å². The molecule has 0 aromatic heterocycles. The molecule has 10 nitrogen and oxygen atoms in total. The van der Waals surface area contributed by atoms with Crippen LogP contribution in [0.2, 0.25) is 0 Å². The zero-order chi connectivity index (χ0) is 19.9. The molecule has 0 aliphatic rings. The van der Waals surface area contributed by atoms with E-state index in [0.717, 1.165) is 0 Å². The first-order valence-electron chi connectivity index (χ1n) is 7.84. The summed E-state index contributed by atoms with van der Waals surface area (Å²) in [5, 5.41) is 55.0. The summed E-state index contributed by atoms with van der Waals surface area (Å²) in [6.45, 7) is 4.15. The van der Waals surface area contributed by atoms with Gasteiger partial charge in [-0.2, -0.15) is 0 Å². The second-order valence-electron chi connectivity index (χ2n) is 7.14. The van der Waals surface area contributed by atoms with Gasteiger partial charge in [0, 0.05) is 19.5 Å². The van der Waals surface area contributed by atoms with E-state index in [-0.39, 0.29) is 19.5 Å². The van der Waals surface area contributed by atoms with Gasteiger partial charge in [-0.15, -0.1) is 0 Å². The van der Waals surface area contributed by atoms with Gasteiger partial charge in [0.25, 0.3) is 0 Å². The molecule has 6 N–H and O–H groups in total. The summed E-state index contributed by atoms with van der Waals surface area (Å²) in [6.07, 6.45) is -4.28. The van der Waals surface area contributed by atoms with Crippen molar-refractivity contribution in [2.45, 2.75) is 51.4 Å². The van der Waals surface area contributed by atoms with Crippen LogP contribution in [0.25, 0.3) is 0 Å². The van der Waals surface area contributed by atoms with Gasteiger partial charge < -0.3 is 30.6 Å². The van der Waals surface area contributed by atoms with Crippen molar-refractivity contribution >= 4 is 11.9 Å². The van der Waals surface area contributed by atoms with Crippen LogP contribution in [0.1, 0.15) is 26.7 Å². The first-order chi connectivity index (χ1) is 11.3. The quantitative estimate of drug-likeness (QED) is 0.217. The molecule has 0 saturated carbocycles. The molecule has 0 bridgehead atoms. The SMILES string of the molecule is CN(CC(C)(C)CN(C)C(CC(O)O)C(O)O)C(CC(=O)O)C(=O)O. The summed E-state index contributed by atoms with van der Waals surface area (Å²) >= 11 is 0.